The molecule has 1 amide bonds. The predicted molar refractivity (Wildman–Crippen MR) is 102 cm³/mol. The third-order valence-electron chi connectivity index (χ3n) is 4.05. The lowest BCUT2D eigenvalue weighted by molar-refractivity contribution is -0.143. The van der Waals surface area contributed by atoms with E-state index >= 15 is 0 Å². The van der Waals surface area contributed by atoms with Gasteiger partial charge in [0.15, 0.2) is 11.7 Å². The lowest BCUT2D eigenvalue weighted by atomic mass is 9.96. The molecular weight excluding hydrogens is 354 g/mol. The number of nitrogens with zero attached hydrogens (tertiary/aromatic N) is 1. The molecule has 0 saturated heterocycles. The normalized spacial score (nSPS) is 15.5. The van der Waals surface area contributed by atoms with Gasteiger partial charge in [-0.2, -0.15) is 0 Å². The summed E-state index contributed by atoms with van der Waals surface area (Å²) >= 11 is 0. The van der Waals surface area contributed by atoms with Gasteiger partial charge in [-0.3, -0.25) is 14.6 Å². The number of hydrogen-bond acceptors (Lipinski definition) is 7. The Balaban J connectivity index is 4.39. The second-order valence-corrected chi connectivity index (χ2v) is 6.82. The van der Waals surface area contributed by atoms with Crippen LogP contribution in [-0.4, -0.2) is 59.4 Å². The van der Waals surface area contributed by atoms with E-state index in [2.05, 4.69) is 10.3 Å². The van der Waals surface area contributed by atoms with E-state index in [4.69, 9.17) is 33.8 Å². The summed E-state index contributed by atoms with van der Waals surface area (Å²) in [5, 5.41) is 11.5. The molecule has 12 N–H and O–H groups in total. The van der Waals surface area contributed by atoms with E-state index in [0.717, 1.165) is 0 Å². The van der Waals surface area contributed by atoms with Crippen LogP contribution in [0.4, 0.5) is 0 Å². The zero-order valence-electron chi connectivity index (χ0n) is 15.9. The summed E-state index contributed by atoms with van der Waals surface area (Å²) in [6.07, 6.45) is 1.20. The van der Waals surface area contributed by atoms with Crippen LogP contribution in [0.3, 0.4) is 0 Å². The maximum Gasteiger partial charge on any atom is 0.326 e. The van der Waals surface area contributed by atoms with Crippen LogP contribution in [0.15, 0.2) is 4.99 Å². The molecule has 0 radical (unpaired) electrons. The van der Waals surface area contributed by atoms with Crippen molar-refractivity contribution in [3.8, 4) is 0 Å². The zero-order valence-corrected chi connectivity index (χ0v) is 15.9. The minimum absolute atomic E-state index is 0.0264. The number of aliphatic imine (C=N–C) groups is 1. The van der Waals surface area contributed by atoms with Gasteiger partial charge in [-0.25, -0.2) is 4.79 Å². The SMILES string of the molecule is CC(C)[C@H](NC(=O)[C@@H](N)CCC(N)C(=O)[C@@H](N)CCCN=C(N)N)C(=O)O. The molecule has 11 nitrogen and oxygen atoms in total. The van der Waals surface area contributed by atoms with Crippen LogP contribution in [0, 0.1) is 5.92 Å². The van der Waals surface area contributed by atoms with Gasteiger partial charge in [0.2, 0.25) is 5.91 Å². The van der Waals surface area contributed by atoms with Gasteiger partial charge in [0.1, 0.15) is 6.04 Å². The first-order valence-electron chi connectivity index (χ1n) is 8.86. The summed E-state index contributed by atoms with van der Waals surface area (Å²) in [7, 11) is 0. The summed E-state index contributed by atoms with van der Waals surface area (Å²) in [5.41, 5.74) is 27.8. The van der Waals surface area contributed by atoms with E-state index in [9.17, 15) is 14.4 Å². The number of amides is 1. The van der Waals surface area contributed by atoms with Gasteiger partial charge in [-0.05, 0) is 31.6 Å². The zero-order chi connectivity index (χ0) is 21.1. The molecule has 156 valence electrons. The second-order valence-electron chi connectivity index (χ2n) is 6.82. The number of ketones is 1. The Morgan fingerprint density at radius 3 is 1.96 bits per heavy atom. The van der Waals surface area contributed by atoms with Crippen LogP contribution >= 0.6 is 0 Å². The number of hydrogen-bond donors (Lipinski definition) is 7. The summed E-state index contributed by atoms with van der Waals surface area (Å²) in [6.45, 7) is 3.71. The predicted octanol–water partition coefficient (Wildman–Crippen LogP) is -2.40. The molecule has 4 atom stereocenters. The van der Waals surface area contributed by atoms with E-state index in [1.807, 2.05) is 0 Å². The van der Waals surface area contributed by atoms with Gasteiger partial charge >= 0.3 is 5.97 Å². The van der Waals surface area contributed by atoms with Gasteiger partial charge in [0.25, 0.3) is 0 Å². The Hall–Kier alpha value is -2.24. The molecule has 0 saturated carbocycles. The number of carbonyl (C=O) groups is 3. The number of aliphatic carboxylic acids is 1. The average Bonchev–Trinajstić information content (AvgIpc) is 2.58. The Morgan fingerprint density at radius 2 is 1.48 bits per heavy atom. The van der Waals surface area contributed by atoms with Gasteiger partial charge in [-0.1, -0.05) is 13.8 Å². The fourth-order valence-corrected chi connectivity index (χ4v) is 2.34. The summed E-state index contributed by atoms with van der Waals surface area (Å²) in [4.78, 5) is 39.1. The van der Waals surface area contributed by atoms with Gasteiger partial charge in [0.05, 0.1) is 18.1 Å². The maximum atomic E-state index is 12.2. The van der Waals surface area contributed by atoms with Gasteiger partial charge in [0, 0.05) is 6.54 Å². The first-order valence-corrected chi connectivity index (χ1v) is 8.86. The maximum absolute atomic E-state index is 12.2. The number of carboxylic acid groups (broad SMARTS) is 1. The number of Topliss-reactive ketones (excluding diaryl/α,β-unsaturated/α-hetero) is 1. The van der Waals surface area contributed by atoms with Crippen molar-refractivity contribution in [3.05, 3.63) is 0 Å². The molecule has 0 rings (SSSR count). The first-order chi connectivity index (χ1) is 12.5. The number of guanidine groups is 1. The van der Waals surface area contributed by atoms with Crippen LogP contribution in [0.25, 0.3) is 0 Å². The van der Waals surface area contributed by atoms with Crippen LogP contribution in [0.1, 0.15) is 39.5 Å². The van der Waals surface area contributed by atoms with Crippen molar-refractivity contribution in [3.63, 3.8) is 0 Å². The van der Waals surface area contributed by atoms with E-state index in [1.165, 1.54) is 0 Å². The van der Waals surface area contributed by atoms with Crippen molar-refractivity contribution < 1.29 is 19.5 Å². The highest BCUT2D eigenvalue weighted by molar-refractivity contribution is 5.89. The van der Waals surface area contributed by atoms with E-state index in [-0.39, 0.29) is 30.5 Å². The van der Waals surface area contributed by atoms with Crippen molar-refractivity contribution in [2.75, 3.05) is 6.54 Å². The minimum atomic E-state index is -1.14. The molecule has 0 aromatic carbocycles. The van der Waals surface area contributed by atoms with Crippen molar-refractivity contribution in [1.82, 2.24) is 5.32 Å². The quantitative estimate of drug-likeness (QED) is 0.101. The van der Waals surface area contributed by atoms with Crippen LogP contribution < -0.4 is 34.0 Å². The molecule has 0 aromatic heterocycles. The molecule has 27 heavy (non-hydrogen) atoms. The third-order valence-corrected chi connectivity index (χ3v) is 4.05. The Kier molecular flexibility index (Phi) is 11.2. The smallest absolute Gasteiger partial charge is 0.326 e. The minimum Gasteiger partial charge on any atom is -0.480 e. The molecule has 0 aliphatic heterocycles. The fraction of sp³-hybridized carbons (Fsp3) is 0.750. The van der Waals surface area contributed by atoms with Crippen molar-refractivity contribution in [2.24, 2.45) is 39.6 Å². The van der Waals surface area contributed by atoms with Crippen LogP contribution in [0.2, 0.25) is 0 Å². The molecule has 0 bridgehead atoms. The Labute approximate surface area is 159 Å². The topological polar surface area (TPSA) is 226 Å². The summed E-state index contributed by atoms with van der Waals surface area (Å²) < 4.78 is 0. The highest BCUT2D eigenvalue weighted by Crippen LogP contribution is 2.07. The van der Waals surface area contributed by atoms with Crippen LogP contribution in [-0.2, 0) is 14.4 Å². The lowest BCUT2D eigenvalue weighted by Gasteiger charge is -2.21. The number of carboxylic acids is 1. The second kappa shape index (κ2) is 12.2. The Morgan fingerprint density at radius 1 is 0.963 bits per heavy atom. The molecule has 0 heterocycles. The summed E-state index contributed by atoms with van der Waals surface area (Å²) in [5.74, 6) is -2.39. The number of rotatable bonds is 13. The number of carbonyl (C=O) groups excluding carboxylic acids is 2. The summed E-state index contributed by atoms with van der Waals surface area (Å²) in [6, 6.07) is -3.61. The van der Waals surface area contributed by atoms with E-state index in [0.29, 0.717) is 19.4 Å². The molecule has 1 unspecified atom stereocenters. The van der Waals surface area contributed by atoms with Gasteiger partial charge in [-0.15, -0.1) is 0 Å². The number of nitrogens with one attached hydrogen (secondary N) is 1. The molecular formula is C16H33N7O4. The fourth-order valence-electron chi connectivity index (χ4n) is 2.34. The molecule has 0 fully saturated rings. The standard InChI is InChI=1S/C16H33N7O4/c1-8(2)12(15(26)27)23-14(25)11(19)6-5-10(18)13(24)9(17)4-3-7-22-16(20)21/h8-12H,3-7,17-19H2,1-2H3,(H,23,25)(H,26,27)(H4,20,21,22)/t9-,10?,11-,12-/m0/s1. The molecule has 0 spiro atoms. The van der Waals surface area contributed by atoms with E-state index in [1.54, 1.807) is 13.8 Å². The first kappa shape index (κ1) is 24.8. The molecule has 0 aromatic rings. The van der Waals surface area contributed by atoms with Crippen LogP contribution in [0.5, 0.6) is 0 Å². The van der Waals surface area contributed by atoms with Crippen molar-refractivity contribution in [2.45, 2.75) is 63.7 Å². The van der Waals surface area contributed by atoms with Gasteiger partial charge < -0.3 is 39.1 Å². The lowest BCUT2D eigenvalue weighted by Crippen LogP contribution is -2.51. The van der Waals surface area contributed by atoms with Crippen molar-refractivity contribution >= 4 is 23.6 Å². The third kappa shape index (κ3) is 9.87. The largest absolute Gasteiger partial charge is 0.480 e. The molecule has 0 aliphatic carbocycles. The monoisotopic (exact) mass is 387 g/mol. The molecule has 11 heteroatoms. The average molecular weight is 387 g/mol. The number of nitrogens with two attached hydrogens (primary N) is 5. The van der Waals surface area contributed by atoms with Crippen molar-refractivity contribution in [1.29, 1.82) is 0 Å². The highest BCUT2D eigenvalue weighted by Gasteiger charge is 2.27. The van der Waals surface area contributed by atoms with E-state index < -0.39 is 36.0 Å². The molecule has 0 aliphatic rings. The highest BCUT2D eigenvalue weighted by atomic mass is 16.4. The Bertz CT molecular complexity index is 535.